The van der Waals surface area contributed by atoms with Crippen LogP contribution in [0.2, 0.25) is 0 Å². The molecule has 0 aromatic heterocycles. The summed E-state index contributed by atoms with van der Waals surface area (Å²) in [5, 5.41) is -0.249. The van der Waals surface area contributed by atoms with Crippen molar-refractivity contribution in [2.45, 2.75) is 38.5 Å². The molecule has 0 N–H and O–H groups in total. The van der Waals surface area contributed by atoms with Gasteiger partial charge in [0.2, 0.25) is 5.52 Å². The number of hydrogen-bond acceptors (Lipinski definition) is 4. The molecule has 0 spiro atoms. The van der Waals surface area contributed by atoms with E-state index in [0.29, 0.717) is 31.0 Å². The van der Waals surface area contributed by atoms with Crippen LogP contribution in [0, 0.1) is 0 Å². The zero-order chi connectivity index (χ0) is 24.9. The van der Waals surface area contributed by atoms with Gasteiger partial charge in [-0.1, -0.05) is 49.7 Å². The van der Waals surface area contributed by atoms with Crippen LogP contribution in [0.5, 0.6) is 0 Å². The van der Waals surface area contributed by atoms with Gasteiger partial charge >= 0.3 is 18.3 Å². The van der Waals surface area contributed by atoms with Crippen LogP contribution in [0.3, 0.4) is 0 Å². The van der Waals surface area contributed by atoms with E-state index < -0.39 is 60.3 Å². The Kier molecular flexibility index (Phi) is 8.52. The number of alkyl halides is 6. The maximum Gasteiger partial charge on any atom is 0.417 e. The quantitative estimate of drug-likeness (QED) is 0.178. The van der Waals surface area contributed by atoms with Gasteiger partial charge in [-0.3, -0.25) is 9.59 Å². The van der Waals surface area contributed by atoms with Crippen LogP contribution in [0.4, 0.5) is 26.3 Å². The molecule has 0 heterocycles. The first kappa shape index (κ1) is 26.6. The lowest BCUT2D eigenvalue weighted by molar-refractivity contribution is -0.144. The highest BCUT2D eigenvalue weighted by molar-refractivity contribution is 7.87. The van der Waals surface area contributed by atoms with Crippen LogP contribution in [0.25, 0.3) is 0 Å². The number of unbranched alkanes of at least 4 members (excludes halogenated alkanes) is 1. The molecular formula is C22H21F6O4P. The van der Waals surface area contributed by atoms with Crippen molar-refractivity contribution in [2.24, 2.45) is 0 Å². The van der Waals surface area contributed by atoms with Crippen molar-refractivity contribution in [2.75, 3.05) is 12.8 Å². The highest BCUT2D eigenvalue weighted by atomic mass is 31.2. The fraction of sp³-hybridized carbons (Fsp3) is 0.364. The van der Waals surface area contributed by atoms with Crippen molar-refractivity contribution in [1.29, 1.82) is 0 Å². The van der Waals surface area contributed by atoms with Crippen molar-refractivity contribution in [1.82, 2.24) is 0 Å². The minimum atomic E-state index is -5.31. The van der Waals surface area contributed by atoms with Gasteiger partial charge in [-0.05, 0) is 18.6 Å². The molecule has 2 aromatic carbocycles. The number of hydrogen-bond donors (Lipinski definition) is 0. The van der Waals surface area contributed by atoms with Crippen LogP contribution in [0.1, 0.15) is 47.7 Å². The van der Waals surface area contributed by atoms with E-state index in [1.807, 2.05) is 6.92 Å². The van der Waals surface area contributed by atoms with Crippen LogP contribution >= 0.6 is 7.14 Å². The van der Waals surface area contributed by atoms with Crippen LogP contribution in [-0.2, 0) is 26.4 Å². The van der Waals surface area contributed by atoms with E-state index in [4.69, 9.17) is 4.74 Å². The van der Waals surface area contributed by atoms with Crippen LogP contribution in [0.15, 0.2) is 48.5 Å². The van der Waals surface area contributed by atoms with Crippen molar-refractivity contribution >= 4 is 23.9 Å². The Hall–Kier alpha value is -2.61. The van der Waals surface area contributed by atoms with E-state index in [0.717, 1.165) is 0 Å². The van der Waals surface area contributed by atoms with Gasteiger partial charge in [0.05, 0.1) is 29.7 Å². The largest absolute Gasteiger partial charge is 0.466 e. The summed E-state index contributed by atoms with van der Waals surface area (Å²) >= 11 is 0. The van der Waals surface area contributed by atoms with E-state index in [1.54, 1.807) is 0 Å². The fourth-order valence-electron chi connectivity index (χ4n) is 3.10. The Morgan fingerprint density at radius 2 is 1.42 bits per heavy atom. The minimum absolute atomic E-state index is 0.0497. The summed E-state index contributed by atoms with van der Waals surface area (Å²) in [6, 6.07) is 7.69. The lowest BCUT2D eigenvalue weighted by Crippen LogP contribution is -2.24. The Morgan fingerprint density at radius 3 is 1.91 bits per heavy atom. The van der Waals surface area contributed by atoms with Gasteiger partial charge in [0.1, 0.15) is 0 Å². The summed E-state index contributed by atoms with van der Waals surface area (Å²) in [6.45, 7) is 1.89. The smallest absolute Gasteiger partial charge is 0.417 e. The zero-order valence-electron chi connectivity index (χ0n) is 17.5. The van der Waals surface area contributed by atoms with Gasteiger partial charge in [-0.2, -0.15) is 26.3 Å². The van der Waals surface area contributed by atoms with E-state index >= 15 is 0 Å². The highest BCUT2D eigenvalue weighted by Gasteiger charge is 2.47. The summed E-state index contributed by atoms with van der Waals surface area (Å²) in [5.74, 6) is -0.854. The number of halogens is 6. The molecule has 0 saturated carbocycles. The Morgan fingerprint density at radius 1 is 0.879 bits per heavy atom. The molecule has 0 amide bonds. The first-order chi connectivity index (χ1) is 15.3. The van der Waals surface area contributed by atoms with Gasteiger partial charge < -0.3 is 9.30 Å². The average molecular weight is 494 g/mol. The molecule has 1 unspecified atom stereocenters. The van der Waals surface area contributed by atoms with E-state index in [1.165, 1.54) is 30.3 Å². The molecule has 0 aliphatic heterocycles. The van der Waals surface area contributed by atoms with Crippen molar-refractivity contribution in [3.05, 3.63) is 65.2 Å². The Balaban J connectivity index is 2.61. The molecule has 11 heteroatoms. The molecule has 180 valence electrons. The lowest BCUT2D eigenvalue weighted by Gasteiger charge is -2.22. The number of ether oxygens (including phenoxy) is 1. The SMILES string of the molecule is CCCCOC(=O)CCP(=O)(C(=O)c1c(C(F)(F)F)cccc1C(F)(F)F)c1ccccc1. The maximum absolute atomic E-state index is 13.8. The van der Waals surface area contributed by atoms with Gasteiger partial charge in [0, 0.05) is 11.5 Å². The predicted molar refractivity (Wildman–Crippen MR) is 110 cm³/mol. The number of rotatable bonds is 9. The average Bonchev–Trinajstić information content (AvgIpc) is 2.76. The van der Waals surface area contributed by atoms with Gasteiger partial charge in [-0.25, -0.2) is 0 Å². The molecule has 1 atom stereocenters. The Bertz CT molecular complexity index is 999. The number of carbonyl (C=O) groups is 2. The molecule has 0 saturated heterocycles. The normalized spacial score (nSPS) is 13.9. The number of carbonyl (C=O) groups excluding carboxylic acids is 2. The van der Waals surface area contributed by atoms with Gasteiger partial charge in [0.25, 0.3) is 0 Å². The van der Waals surface area contributed by atoms with Crippen molar-refractivity contribution < 1.29 is 45.2 Å². The topological polar surface area (TPSA) is 60.4 Å². The lowest BCUT2D eigenvalue weighted by atomic mass is 10.0. The molecule has 2 aromatic rings. The third-order valence-electron chi connectivity index (χ3n) is 4.78. The molecule has 0 aliphatic carbocycles. The Labute approximate surface area is 186 Å². The van der Waals surface area contributed by atoms with Crippen molar-refractivity contribution in [3.63, 3.8) is 0 Å². The van der Waals surface area contributed by atoms with E-state index in [2.05, 4.69) is 0 Å². The first-order valence-corrected chi connectivity index (χ1v) is 11.8. The second-order valence-corrected chi connectivity index (χ2v) is 10.0. The molecule has 0 bridgehead atoms. The van der Waals surface area contributed by atoms with E-state index in [-0.39, 0.29) is 11.9 Å². The zero-order valence-corrected chi connectivity index (χ0v) is 18.4. The molecule has 0 aliphatic rings. The predicted octanol–water partition coefficient (Wildman–Crippen LogP) is 6.29. The van der Waals surface area contributed by atoms with Gasteiger partial charge in [-0.15, -0.1) is 0 Å². The third-order valence-corrected chi connectivity index (χ3v) is 7.65. The second-order valence-electron chi connectivity index (χ2n) is 7.15. The van der Waals surface area contributed by atoms with Crippen LogP contribution < -0.4 is 5.30 Å². The molecule has 0 fully saturated rings. The summed E-state index contributed by atoms with van der Waals surface area (Å²) < 4.78 is 100. The molecular weight excluding hydrogens is 473 g/mol. The monoisotopic (exact) mass is 494 g/mol. The molecule has 0 radical (unpaired) electrons. The summed E-state index contributed by atoms with van der Waals surface area (Å²) in [4.78, 5) is 25.3. The summed E-state index contributed by atoms with van der Waals surface area (Å²) in [7, 11) is -4.61. The fourth-order valence-corrected chi connectivity index (χ4v) is 5.55. The van der Waals surface area contributed by atoms with E-state index in [9.17, 15) is 40.5 Å². The van der Waals surface area contributed by atoms with Crippen LogP contribution in [-0.4, -0.2) is 24.3 Å². The highest BCUT2D eigenvalue weighted by Crippen LogP contribution is 2.52. The first-order valence-electron chi connectivity index (χ1n) is 9.95. The summed E-state index contributed by atoms with van der Waals surface area (Å²) in [5.41, 5.74) is -7.22. The third kappa shape index (κ3) is 6.47. The maximum atomic E-state index is 13.8. The van der Waals surface area contributed by atoms with Crippen molar-refractivity contribution in [3.8, 4) is 0 Å². The summed E-state index contributed by atoms with van der Waals surface area (Å²) in [6.07, 6.45) is -10.8. The van der Waals surface area contributed by atoms with Gasteiger partial charge in [0.15, 0.2) is 7.14 Å². The number of benzene rings is 2. The molecule has 33 heavy (non-hydrogen) atoms. The molecule has 2 rings (SSSR count). The minimum Gasteiger partial charge on any atom is -0.466 e. The number of esters is 1. The standard InChI is InChI=1S/C22H21F6O4P/c1-2-3-13-32-18(29)12-14-33(31,15-8-5-4-6-9-15)20(30)19-16(21(23,24)25)10-7-11-17(19)22(26,27)28/h4-11H,2-3,12-14H2,1H3. The molecule has 4 nitrogen and oxygen atoms in total. The second kappa shape index (κ2) is 10.5.